The van der Waals surface area contributed by atoms with Crippen molar-refractivity contribution in [1.29, 1.82) is 0 Å². The molecule has 0 amide bonds. The lowest BCUT2D eigenvalue weighted by Crippen LogP contribution is -2.00. The largest absolute Gasteiger partial charge is 0.494 e. The molecule has 27 heavy (non-hydrogen) atoms. The highest BCUT2D eigenvalue weighted by Gasteiger charge is 2.10. The van der Waals surface area contributed by atoms with Crippen LogP contribution in [0.1, 0.15) is 5.56 Å². The normalized spacial score (nSPS) is 11.4. The Morgan fingerprint density at radius 1 is 0.815 bits per heavy atom. The zero-order valence-corrected chi connectivity index (χ0v) is 16.0. The molecule has 2 aromatic heterocycles. The highest BCUT2D eigenvalue weighted by Crippen LogP contribution is 2.30. The van der Waals surface area contributed by atoms with Crippen molar-refractivity contribution in [1.82, 2.24) is 9.13 Å². The summed E-state index contributed by atoms with van der Waals surface area (Å²) in [5.74, 6) is 0.181. The van der Waals surface area contributed by atoms with Crippen molar-refractivity contribution in [2.45, 2.75) is 6.54 Å². The third-order valence-corrected chi connectivity index (χ3v) is 6.08. The van der Waals surface area contributed by atoms with Crippen molar-refractivity contribution in [2.75, 3.05) is 0 Å². The summed E-state index contributed by atoms with van der Waals surface area (Å²) in [5, 5.41) is 14.2. The third-order valence-electron chi connectivity index (χ3n) is 4.89. The number of nitrogens with zero attached hydrogens (tertiary/aromatic N) is 2. The van der Waals surface area contributed by atoms with Crippen molar-refractivity contribution in [3.05, 3.63) is 87.7 Å². The van der Waals surface area contributed by atoms with Crippen LogP contribution in [-0.4, -0.2) is 14.2 Å². The van der Waals surface area contributed by atoms with Gasteiger partial charge in [0, 0.05) is 28.4 Å². The Morgan fingerprint density at radius 3 is 1.96 bits per heavy atom. The number of aromatic nitrogens is 2. The SMILES string of the molecule is Oc1csc(=S)n1-c1ccc(Cn2c3ccccc3c3ccccc32)cc1. The first kappa shape index (κ1) is 16.3. The molecule has 0 aliphatic rings. The molecule has 2 heterocycles. The van der Waals surface area contributed by atoms with Crippen LogP contribution in [0.4, 0.5) is 0 Å². The van der Waals surface area contributed by atoms with Gasteiger partial charge < -0.3 is 9.67 Å². The van der Waals surface area contributed by atoms with Gasteiger partial charge in [-0.1, -0.05) is 48.5 Å². The Kier molecular flexibility index (Phi) is 3.85. The minimum atomic E-state index is 0.181. The van der Waals surface area contributed by atoms with Crippen LogP contribution in [-0.2, 0) is 6.54 Å². The molecular weight excluding hydrogens is 372 g/mol. The van der Waals surface area contributed by atoms with E-state index in [1.54, 1.807) is 9.95 Å². The van der Waals surface area contributed by atoms with Crippen LogP contribution >= 0.6 is 23.6 Å². The molecule has 0 atom stereocenters. The molecule has 0 spiro atoms. The van der Waals surface area contributed by atoms with Gasteiger partial charge in [-0.05, 0) is 42.0 Å². The standard InChI is InChI=1S/C22H16N2OS2/c25-21-14-27-22(26)24(21)16-11-9-15(10-12-16)13-23-19-7-3-1-5-17(19)18-6-2-4-8-20(18)23/h1-12,14,25H,13H2. The van der Waals surface area contributed by atoms with Gasteiger partial charge in [0.25, 0.3) is 0 Å². The second kappa shape index (κ2) is 6.37. The first-order chi connectivity index (χ1) is 13.2. The molecule has 0 fully saturated rings. The average molecular weight is 389 g/mol. The number of fused-ring (bicyclic) bond motifs is 3. The minimum Gasteiger partial charge on any atom is -0.494 e. The number of benzene rings is 3. The molecule has 5 aromatic rings. The average Bonchev–Trinajstić information content (AvgIpc) is 3.21. The molecule has 0 aliphatic heterocycles. The first-order valence-corrected chi connectivity index (χ1v) is 9.96. The van der Waals surface area contributed by atoms with Crippen molar-refractivity contribution < 1.29 is 5.11 Å². The third kappa shape index (κ3) is 2.67. The number of aromatic hydroxyl groups is 1. The van der Waals surface area contributed by atoms with E-state index in [1.165, 1.54) is 38.7 Å². The van der Waals surface area contributed by atoms with E-state index in [2.05, 4.69) is 65.2 Å². The van der Waals surface area contributed by atoms with Gasteiger partial charge in [0.05, 0.1) is 11.1 Å². The molecule has 1 N–H and O–H groups in total. The first-order valence-electron chi connectivity index (χ1n) is 8.67. The monoisotopic (exact) mass is 388 g/mol. The number of thiazole rings is 1. The lowest BCUT2D eigenvalue weighted by atomic mass is 10.2. The van der Waals surface area contributed by atoms with E-state index in [4.69, 9.17) is 12.2 Å². The van der Waals surface area contributed by atoms with Gasteiger partial charge in [0.15, 0.2) is 3.95 Å². The number of hydrogen-bond acceptors (Lipinski definition) is 3. The highest BCUT2D eigenvalue weighted by atomic mass is 32.1. The van der Waals surface area contributed by atoms with Crippen molar-refractivity contribution >= 4 is 45.4 Å². The zero-order valence-electron chi connectivity index (χ0n) is 14.4. The molecule has 3 nitrogen and oxygen atoms in total. The predicted molar refractivity (Wildman–Crippen MR) is 115 cm³/mol. The molecule has 0 aliphatic carbocycles. The molecule has 0 saturated carbocycles. The summed E-state index contributed by atoms with van der Waals surface area (Å²) in [6.45, 7) is 0.787. The van der Waals surface area contributed by atoms with E-state index >= 15 is 0 Å². The lowest BCUT2D eigenvalue weighted by molar-refractivity contribution is 0.442. The number of para-hydroxylation sites is 2. The molecule has 0 radical (unpaired) electrons. The van der Waals surface area contributed by atoms with Gasteiger partial charge in [-0.15, -0.1) is 11.3 Å². The maximum absolute atomic E-state index is 10.0. The Labute approximate surface area is 165 Å². The summed E-state index contributed by atoms with van der Waals surface area (Å²) < 4.78 is 4.68. The molecule has 0 saturated heterocycles. The predicted octanol–water partition coefficient (Wildman–Crippen LogP) is 6.13. The van der Waals surface area contributed by atoms with Gasteiger partial charge in [0.2, 0.25) is 5.88 Å². The van der Waals surface area contributed by atoms with E-state index in [0.717, 1.165) is 12.2 Å². The van der Waals surface area contributed by atoms with Crippen LogP contribution in [0.5, 0.6) is 5.88 Å². The zero-order chi connectivity index (χ0) is 18.4. The van der Waals surface area contributed by atoms with Gasteiger partial charge in [0.1, 0.15) is 0 Å². The van der Waals surface area contributed by atoms with E-state index < -0.39 is 0 Å². The quantitative estimate of drug-likeness (QED) is 0.377. The maximum atomic E-state index is 10.0. The van der Waals surface area contributed by atoms with Crippen LogP contribution in [0.25, 0.3) is 27.5 Å². The van der Waals surface area contributed by atoms with Crippen molar-refractivity contribution in [3.63, 3.8) is 0 Å². The molecule has 132 valence electrons. The minimum absolute atomic E-state index is 0.181. The highest BCUT2D eigenvalue weighted by molar-refractivity contribution is 7.73. The molecule has 5 rings (SSSR count). The Balaban J connectivity index is 1.58. The Hall–Kier alpha value is -2.89. The van der Waals surface area contributed by atoms with Crippen molar-refractivity contribution in [2.24, 2.45) is 0 Å². The Morgan fingerprint density at radius 2 is 1.41 bits per heavy atom. The van der Waals surface area contributed by atoms with E-state index in [0.29, 0.717) is 3.95 Å². The van der Waals surface area contributed by atoms with Crippen LogP contribution < -0.4 is 0 Å². The molecule has 5 heteroatoms. The number of hydrogen-bond donors (Lipinski definition) is 1. The fraction of sp³-hybridized carbons (Fsp3) is 0.0455. The van der Waals surface area contributed by atoms with Crippen LogP contribution in [0, 0.1) is 3.95 Å². The van der Waals surface area contributed by atoms with Gasteiger partial charge in [-0.25, -0.2) is 0 Å². The molecule has 0 unspecified atom stereocenters. The summed E-state index contributed by atoms with van der Waals surface area (Å²) >= 11 is 6.66. The Bertz CT molecular complexity index is 1270. The lowest BCUT2D eigenvalue weighted by Gasteiger charge is -2.10. The van der Waals surface area contributed by atoms with Crippen LogP contribution in [0.2, 0.25) is 0 Å². The van der Waals surface area contributed by atoms with E-state index in [-0.39, 0.29) is 5.88 Å². The molecule has 0 bridgehead atoms. The maximum Gasteiger partial charge on any atom is 0.207 e. The number of rotatable bonds is 3. The van der Waals surface area contributed by atoms with Crippen LogP contribution in [0.3, 0.4) is 0 Å². The summed E-state index contributed by atoms with van der Waals surface area (Å²) in [6.07, 6.45) is 0. The molecular formula is C22H16N2OS2. The molecule has 3 aromatic carbocycles. The fourth-order valence-corrected chi connectivity index (χ4v) is 4.61. The topological polar surface area (TPSA) is 30.1 Å². The summed E-state index contributed by atoms with van der Waals surface area (Å²) in [7, 11) is 0. The summed E-state index contributed by atoms with van der Waals surface area (Å²) in [6, 6.07) is 25.3. The van der Waals surface area contributed by atoms with Gasteiger partial charge in [-0.2, -0.15) is 0 Å². The smallest absolute Gasteiger partial charge is 0.207 e. The summed E-state index contributed by atoms with van der Waals surface area (Å²) in [4.78, 5) is 0. The fourth-order valence-electron chi connectivity index (χ4n) is 3.65. The summed E-state index contributed by atoms with van der Waals surface area (Å²) in [5.41, 5.74) is 4.55. The van der Waals surface area contributed by atoms with Gasteiger partial charge in [-0.3, -0.25) is 4.57 Å². The van der Waals surface area contributed by atoms with E-state index in [9.17, 15) is 5.11 Å². The van der Waals surface area contributed by atoms with Crippen molar-refractivity contribution in [3.8, 4) is 11.6 Å². The van der Waals surface area contributed by atoms with Crippen LogP contribution in [0.15, 0.2) is 78.2 Å². The van der Waals surface area contributed by atoms with E-state index in [1.807, 2.05) is 12.1 Å². The second-order valence-corrected chi connectivity index (χ2v) is 7.99. The second-order valence-electron chi connectivity index (χ2n) is 6.48. The van der Waals surface area contributed by atoms with Gasteiger partial charge >= 0.3 is 0 Å².